The van der Waals surface area contributed by atoms with Crippen molar-refractivity contribution in [1.29, 1.82) is 0 Å². The van der Waals surface area contributed by atoms with E-state index >= 15 is 0 Å². The van der Waals surface area contributed by atoms with E-state index in [0.717, 1.165) is 0 Å². The van der Waals surface area contributed by atoms with Crippen LogP contribution >= 0.6 is 0 Å². The molecule has 7 heteroatoms. The fourth-order valence-electron chi connectivity index (χ4n) is 0. The minimum absolute atomic E-state index is 0. The Morgan fingerprint density at radius 2 is 1.14 bits per heavy atom. The van der Waals surface area contributed by atoms with E-state index < -0.39 is 10.4 Å². The fraction of sp³-hybridized carbons (Fsp3) is 0. The molecule has 7 heavy (non-hydrogen) atoms. The molecule has 0 unspecified atom stereocenters. The molecule has 0 aliphatic rings. The van der Waals surface area contributed by atoms with Crippen molar-refractivity contribution in [3.63, 3.8) is 0 Å². The van der Waals surface area contributed by atoms with Crippen molar-refractivity contribution in [3.8, 4) is 0 Å². The van der Waals surface area contributed by atoms with Gasteiger partial charge < -0.3 is 14.6 Å². The maximum atomic E-state index is 8.52. The molecule has 0 aromatic heterocycles. The Kier molecular flexibility index (Phi) is 10.9. The second kappa shape index (κ2) is 4.86. The minimum Gasteiger partial charge on any atom is -0.759 e. The molecule has 0 saturated heterocycles. The molecule has 2 N–H and O–H groups in total. The zero-order valence-corrected chi connectivity index (χ0v) is 7.28. The van der Waals surface area contributed by atoms with Crippen molar-refractivity contribution in [2.24, 2.45) is 0 Å². The van der Waals surface area contributed by atoms with Crippen molar-refractivity contribution in [2.45, 2.75) is 0 Å². The average Bonchev–Trinajstić information content (AvgIpc) is 0.722. The zero-order valence-electron chi connectivity index (χ0n) is 2.99. The van der Waals surface area contributed by atoms with E-state index in [-0.39, 0.29) is 31.7 Å². The predicted molar refractivity (Wildman–Crippen MR) is 19.8 cm³/mol. The molecule has 0 amide bonds. The third kappa shape index (κ3) is 293. The number of rotatable bonds is 0. The van der Waals surface area contributed by atoms with Crippen LogP contribution in [0.3, 0.4) is 0 Å². The van der Waals surface area contributed by atoms with Gasteiger partial charge in [-0.1, -0.05) is 0 Å². The van der Waals surface area contributed by atoms with E-state index in [1.165, 1.54) is 0 Å². The van der Waals surface area contributed by atoms with Gasteiger partial charge in [-0.25, -0.2) is 0 Å². The Hall–Kier alpha value is 0.713. The molecule has 0 aliphatic carbocycles. The van der Waals surface area contributed by atoms with Crippen LogP contribution in [0.4, 0.5) is 0 Å². The van der Waals surface area contributed by atoms with E-state index in [4.69, 9.17) is 17.5 Å². The van der Waals surface area contributed by atoms with Crippen LogP contribution in [0.25, 0.3) is 0 Å². The Bertz CT molecular complexity index is 91.2. The second-order valence-electron chi connectivity index (χ2n) is 0.408. The van der Waals surface area contributed by atoms with E-state index in [0.29, 0.717) is 0 Å². The molecule has 0 atom stereocenters. The Morgan fingerprint density at radius 1 is 1.14 bits per heavy atom. The van der Waals surface area contributed by atoms with E-state index in [2.05, 4.69) is 0 Å². The number of hydrogen-bond acceptors (Lipinski definition) is 4. The minimum atomic E-state index is -5.17. The number of hydrogen-bond donors (Lipinski definition) is 0. The quantitative estimate of drug-likeness (QED) is 0.278. The molecule has 0 heterocycles. The first-order valence-electron chi connectivity index (χ1n) is 0.667. The third-order valence-corrected chi connectivity index (χ3v) is 0. The van der Waals surface area contributed by atoms with Gasteiger partial charge in [0, 0.05) is 10.4 Å². The van der Waals surface area contributed by atoms with Gasteiger partial charge in [0.1, 0.15) is 0 Å². The van der Waals surface area contributed by atoms with Gasteiger partial charge in [0.25, 0.3) is 0 Å². The van der Waals surface area contributed by atoms with E-state index in [1.807, 2.05) is 0 Å². The van der Waals surface area contributed by atoms with Crippen LogP contribution in [0.1, 0.15) is 0 Å². The van der Waals surface area contributed by atoms with E-state index in [9.17, 15) is 0 Å². The molecule has 0 spiro atoms. The topological polar surface area (TPSA) is 112 Å². The van der Waals surface area contributed by atoms with Crippen molar-refractivity contribution in [3.05, 3.63) is 0 Å². The van der Waals surface area contributed by atoms with Gasteiger partial charge >= 0.3 is 26.2 Å². The molecule has 0 bridgehead atoms. The molecule has 0 saturated carbocycles. The van der Waals surface area contributed by atoms with Crippen LogP contribution in [0.2, 0.25) is 0 Å². The molecule has 0 aliphatic heterocycles. The SMILES string of the molecule is O.O=S(=O)([O-])[O-].[Bi+3]. The van der Waals surface area contributed by atoms with Gasteiger partial charge in [0.05, 0.1) is 0 Å². The molecule has 0 rings (SSSR count). The molecule has 42 valence electrons. The summed E-state index contributed by atoms with van der Waals surface area (Å²) < 4.78 is 34.1. The molecular weight excluding hydrogens is 321 g/mol. The monoisotopic (exact) mass is 323 g/mol. The van der Waals surface area contributed by atoms with Crippen molar-refractivity contribution in [2.75, 3.05) is 0 Å². The smallest absolute Gasteiger partial charge is 0.759 e. The van der Waals surface area contributed by atoms with Crippen LogP contribution < -0.4 is 0 Å². The first-order valence-corrected chi connectivity index (χ1v) is 2.00. The summed E-state index contributed by atoms with van der Waals surface area (Å²) in [6.45, 7) is 0. The summed E-state index contributed by atoms with van der Waals surface area (Å²) in [6, 6.07) is 0. The van der Waals surface area contributed by atoms with Gasteiger partial charge in [-0.2, -0.15) is 0 Å². The normalized spacial score (nSPS) is 8.29. The molecular formula is H2BiO5S+. The van der Waals surface area contributed by atoms with Crippen molar-refractivity contribution >= 4 is 36.6 Å². The van der Waals surface area contributed by atoms with Crippen LogP contribution in [-0.4, -0.2) is 49.2 Å². The summed E-state index contributed by atoms with van der Waals surface area (Å²) >= 11 is 0. The maximum absolute atomic E-state index is 8.52. The van der Waals surface area contributed by atoms with Gasteiger partial charge in [0.15, 0.2) is 0 Å². The summed E-state index contributed by atoms with van der Waals surface area (Å²) in [4.78, 5) is 0. The van der Waals surface area contributed by atoms with Crippen molar-refractivity contribution < 1.29 is 23.0 Å². The predicted octanol–water partition coefficient (Wildman–Crippen LogP) is -2.54. The summed E-state index contributed by atoms with van der Waals surface area (Å²) in [7, 11) is -5.17. The fourth-order valence-corrected chi connectivity index (χ4v) is 0. The molecule has 0 fully saturated rings. The maximum Gasteiger partial charge on any atom is 3.00 e. The summed E-state index contributed by atoms with van der Waals surface area (Å²) in [5.41, 5.74) is 0. The Balaban J connectivity index is -0.0000000800. The molecule has 0 aromatic carbocycles. The van der Waals surface area contributed by atoms with Crippen molar-refractivity contribution in [1.82, 2.24) is 0 Å². The van der Waals surface area contributed by atoms with Crippen LogP contribution in [0.5, 0.6) is 0 Å². The summed E-state index contributed by atoms with van der Waals surface area (Å²) in [6.07, 6.45) is 0. The molecule has 5 nitrogen and oxygen atoms in total. The third-order valence-electron chi connectivity index (χ3n) is 0. The first-order chi connectivity index (χ1) is 2.00. The largest absolute Gasteiger partial charge is 3.00 e. The summed E-state index contributed by atoms with van der Waals surface area (Å²) in [5, 5.41) is 0. The van der Waals surface area contributed by atoms with E-state index in [1.54, 1.807) is 0 Å². The summed E-state index contributed by atoms with van der Waals surface area (Å²) in [5.74, 6) is 0. The molecule has 0 aromatic rings. The van der Waals surface area contributed by atoms with Gasteiger partial charge in [-0.15, -0.1) is 0 Å². The van der Waals surface area contributed by atoms with Gasteiger partial charge in [-0.05, 0) is 0 Å². The first kappa shape index (κ1) is 15.6. The zero-order chi connectivity index (χ0) is 4.50. The molecule has 2 radical (unpaired) electrons. The van der Waals surface area contributed by atoms with Gasteiger partial charge in [-0.3, -0.25) is 8.42 Å². The standard InChI is InChI=1S/Bi.H2O4S.H2O/c;1-5(2,3)4;/h;(H2,1,2,3,4);1H2/q+3;;/p-2. The van der Waals surface area contributed by atoms with Crippen LogP contribution in [0, 0.1) is 0 Å². The van der Waals surface area contributed by atoms with Gasteiger partial charge in [0.2, 0.25) is 0 Å². The van der Waals surface area contributed by atoms with Crippen LogP contribution in [-0.2, 0) is 10.4 Å². The average molecular weight is 323 g/mol. The second-order valence-corrected chi connectivity index (χ2v) is 1.22. The Labute approximate surface area is 59.7 Å². The Morgan fingerprint density at radius 3 is 1.14 bits per heavy atom. The van der Waals surface area contributed by atoms with Crippen LogP contribution in [0.15, 0.2) is 0 Å².